The summed E-state index contributed by atoms with van der Waals surface area (Å²) in [5.41, 5.74) is 4.29. The van der Waals surface area contributed by atoms with Crippen LogP contribution >= 0.6 is 0 Å². The molecule has 0 spiro atoms. The minimum absolute atomic E-state index is 0.614. The molecule has 0 N–H and O–H groups in total. The smallest absolute Gasteiger partial charge is 0.243 e. The van der Waals surface area contributed by atoms with Gasteiger partial charge in [0.1, 0.15) is 202 Å². The van der Waals surface area contributed by atoms with Crippen LogP contribution in [0.3, 0.4) is 0 Å². The predicted molar refractivity (Wildman–Crippen MR) is 599 cm³/mol. The van der Waals surface area contributed by atoms with Gasteiger partial charge in [0.2, 0.25) is 6.33 Å². The third-order valence-corrected chi connectivity index (χ3v) is 35.4. The molecule has 142 heavy (non-hydrogen) atoms. The molecule has 20 rings (SSSR count). The minimum atomic E-state index is 0.614. The number of aryl methyl sites for hydroxylation is 1. The van der Waals surface area contributed by atoms with Crippen LogP contribution in [0.1, 0.15) is 192 Å². The maximum atomic E-state index is 5.44. The highest BCUT2D eigenvalue weighted by Gasteiger charge is 2.49. The number of morpholine rings is 2. The van der Waals surface area contributed by atoms with E-state index in [1.54, 1.807) is 0 Å². The summed E-state index contributed by atoms with van der Waals surface area (Å²) in [5.74, 6) is 8.76. The lowest BCUT2D eigenvalue weighted by atomic mass is 9.85. The molecule has 8 bridgehead atoms. The van der Waals surface area contributed by atoms with Crippen molar-refractivity contribution in [3.63, 3.8) is 0 Å². The van der Waals surface area contributed by atoms with Gasteiger partial charge in [0.05, 0.1) is 224 Å². The summed E-state index contributed by atoms with van der Waals surface area (Å²) in [5, 5.41) is 0. The Hall–Kier alpha value is -4.02. The Morgan fingerprint density at radius 2 is 0.620 bits per heavy atom. The Labute approximate surface area is 880 Å². The second-order valence-electron chi connectivity index (χ2n) is 57.0. The van der Waals surface area contributed by atoms with Crippen molar-refractivity contribution in [3.8, 4) is 0 Å². The van der Waals surface area contributed by atoms with E-state index < -0.39 is 0 Å². The molecular weight excluding hydrogens is 1750 g/mol. The summed E-state index contributed by atoms with van der Waals surface area (Å²) in [7, 11) is 37.2. The van der Waals surface area contributed by atoms with Crippen molar-refractivity contribution < 1.29 is 90.5 Å². The first-order chi connectivity index (χ1) is 66.1. The van der Waals surface area contributed by atoms with Crippen LogP contribution in [0.4, 0.5) is 0 Å². The molecule has 16 aliphatic heterocycles. The third kappa shape index (κ3) is 46.0. The summed E-state index contributed by atoms with van der Waals surface area (Å²) in [6.45, 7) is 114. The van der Waals surface area contributed by atoms with E-state index in [9.17, 15) is 0 Å². The molecule has 0 aromatic carbocycles. The van der Waals surface area contributed by atoms with Crippen molar-refractivity contribution >= 4 is 0 Å². The average molecular weight is 2000 g/mol. The quantitative estimate of drug-likeness (QED) is 0.0402. The van der Waals surface area contributed by atoms with Crippen LogP contribution in [-0.4, -0.2) is 492 Å². The molecule has 22 nitrogen and oxygen atoms in total. The van der Waals surface area contributed by atoms with Crippen LogP contribution < -0.4 is 18.3 Å². The van der Waals surface area contributed by atoms with Crippen LogP contribution in [0.25, 0.3) is 0 Å². The molecule has 22 heteroatoms. The Bertz CT molecular complexity index is 3960. The van der Waals surface area contributed by atoms with E-state index in [2.05, 4.69) is 364 Å². The van der Waals surface area contributed by atoms with Gasteiger partial charge in [0, 0.05) is 91.5 Å². The number of fused-ring (bicyclic) bond motifs is 12. The van der Waals surface area contributed by atoms with E-state index >= 15 is 0 Å². The van der Waals surface area contributed by atoms with Crippen LogP contribution in [0.5, 0.6) is 0 Å². The fourth-order valence-electron chi connectivity index (χ4n) is 24.8. The molecule has 818 valence electrons. The maximum Gasteiger partial charge on any atom is 0.243 e. The normalized spacial score (nSPS) is 27.3. The largest absolute Gasteiger partial charge is 0.370 e. The van der Waals surface area contributed by atoms with Gasteiger partial charge in [-0.15, -0.1) is 0 Å². The van der Waals surface area contributed by atoms with Crippen LogP contribution in [0.2, 0.25) is 0 Å². The maximum absolute atomic E-state index is 5.44. The van der Waals surface area contributed by atoms with Crippen LogP contribution in [0, 0.1) is 47.3 Å². The second-order valence-corrected chi connectivity index (χ2v) is 57.0. The van der Waals surface area contributed by atoms with Crippen molar-refractivity contribution in [2.45, 2.75) is 202 Å². The highest BCUT2D eigenvalue weighted by atomic mass is 16.5. The first kappa shape index (κ1) is 125. The minimum Gasteiger partial charge on any atom is -0.370 e. The number of aromatic nitrogens is 5. The third-order valence-electron chi connectivity index (χ3n) is 35.4. The van der Waals surface area contributed by atoms with E-state index in [1.165, 1.54) is 367 Å². The summed E-state index contributed by atoms with van der Waals surface area (Å²) in [6, 6.07) is 13.6. The zero-order valence-electron chi connectivity index (χ0n) is 101. The lowest BCUT2D eigenvalue weighted by Gasteiger charge is -2.54. The van der Waals surface area contributed by atoms with E-state index in [0.29, 0.717) is 17.8 Å². The number of piperidine rings is 3. The van der Waals surface area contributed by atoms with E-state index in [0.717, 1.165) is 120 Å². The summed E-state index contributed by atoms with van der Waals surface area (Å²) < 4.78 is 39.9. The molecule has 16 aliphatic rings. The molecule has 16 saturated heterocycles. The Kier molecular flexibility index (Phi) is 49.6. The highest BCUT2D eigenvalue weighted by molar-refractivity contribution is 5.13. The summed E-state index contributed by atoms with van der Waals surface area (Å²) in [6.07, 6.45) is 24.2. The molecule has 4 aromatic heterocycles. The van der Waals surface area contributed by atoms with Gasteiger partial charge in [-0.05, 0) is 65.5 Å². The summed E-state index contributed by atoms with van der Waals surface area (Å²) in [4.78, 5) is 2.61. The Morgan fingerprint density at radius 3 is 0.930 bits per heavy atom. The lowest BCUT2D eigenvalue weighted by Crippen LogP contribution is -2.74. The predicted octanol–water partition coefficient (Wildman–Crippen LogP) is 13.3. The molecule has 0 unspecified atom stereocenters. The van der Waals surface area contributed by atoms with Crippen molar-refractivity contribution in [1.82, 2.24) is 9.47 Å². The average Bonchev–Trinajstić information content (AvgIpc) is 0.775. The fraction of sp³-hybridized carbons (Fsp3) is 0.850. The topological polar surface area (TPSA) is 42.2 Å². The first-order valence-electron chi connectivity index (χ1n) is 58.6. The Balaban J connectivity index is 0.000000216. The molecular formula is C120H244N20O2+18. The standard InChI is InChI=1S/C17H30N3.C17H32N3.C15H26N2O.C11H24N2.C11H26N2.C11H28N2.C11H22N.C10H21N2.C9H20NO.C8H15N2/c1-16(2)17-4-6-18(7-5-17)8-9-20-13-10-19(3,11-14-20)12-15-20;1-16(2)17-6-8-18(9-7-17)10-11-20(5)14-12-19(3,4)13-15-20;1-14(2)15-4-6-16(7-5-15)8-9-17(3)10-12-18-13-11-17;1-11(2)10-13-7-4-12(3,5-8-13)6-9-13;1-11(2)10-13(5)8-6-12(3,4)7-9-13;1-11(2)10-13(6,7)9-8-12(3,4)5;2*1-10(2)9-12-6-3-11(4-7-12)5-8-12;1-9(2)8-10(3)4-6-11-7-5-10;1-8(2)6-10-5-4-9(3)7-10/h4-7,16H,8-15H2,1-3H3;6-9,16H,10-15H2,1-5H3;4-7,14H,8-13H2,1-3H3;11H,4-10H2,1-3H3;11H,6-10H2,1-5H3;11H,8-10H2,1-7H3;10-11H,3-9H2,1-2H3;10H,3-9H2,1-2H3;9H,4-8H2,1-3H3;4-5,7-8H,6H2,1-3H3/q2*+3;4*+2;4*+1. The molecule has 20 heterocycles. The monoisotopic (exact) mass is 2000 g/mol. The molecule has 0 amide bonds. The van der Waals surface area contributed by atoms with Crippen LogP contribution in [-0.2, 0) is 42.7 Å². The summed E-state index contributed by atoms with van der Waals surface area (Å²) >= 11 is 0. The van der Waals surface area contributed by atoms with Crippen molar-refractivity contribution in [3.05, 3.63) is 109 Å². The van der Waals surface area contributed by atoms with E-state index in [4.69, 9.17) is 9.47 Å². The SMILES string of the molecule is CC(C)C[N+](C)(C)CC[N+](C)(C)C.CC(C)C[N+]1(C)CCOCC1.CC(C)C[N+]1(C)CC[N+](C)(C)CC1.CC(C)C[N+]12CCC(CC1)CC2.CC(C)C[N+]12CCN(CC1)CC2.CC(C)C[N+]12CC[N+](C)(CC1)CC2.CC(C)Cn1cc[n+](C)c1.CC(C)c1cc[n+](CC[N+]2(C)CCOCC2)cc1.CC(C)c1cc[n+](CC[N+]2(C)CC[N+](C)(C)CC2)cc1.CC(C)c1cc[n+](CC[N+]23CC[N+](C)(CC2)CC3)cc1. The number of ether oxygens (including phenoxy) is 2. The van der Waals surface area contributed by atoms with Gasteiger partial charge in [-0.1, -0.05) is 138 Å². The number of quaternary nitrogens is 14. The number of rotatable bonds is 29. The number of hydrogen-bond acceptors (Lipinski definition) is 3. The molecule has 0 atom stereocenters. The van der Waals surface area contributed by atoms with Crippen molar-refractivity contribution in [2.24, 2.45) is 54.4 Å². The Morgan fingerprint density at radius 1 is 0.317 bits per heavy atom. The highest BCUT2D eigenvalue weighted by Crippen LogP contribution is 2.35. The van der Waals surface area contributed by atoms with E-state index in [-0.39, 0.29) is 0 Å². The zero-order valence-corrected chi connectivity index (χ0v) is 101. The molecule has 16 fully saturated rings. The first-order valence-corrected chi connectivity index (χ1v) is 58.6. The van der Waals surface area contributed by atoms with Gasteiger partial charge in [-0.3, -0.25) is 4.90 Å². The van der Waals surface area contributed by atoms with Gasteiger partial charge >= 0.3 is 0 Å². The van der Waals surface area contributed by atoms with Gasteiger partial charge < -0.3 is 72.2 Å². The van der Waals surface area contributed by atoms with Crippen molar-refractivity contribution in [1.29, 1.82) is 0 Å². The lowest BCUT2D eigenvalue weighted by molar-refractivity contribution is -1.08. The second kappa shape index (κ2) is 56.4. The number of nitrogens with zero attached hydrogens (tertiary/aromatic N) is 20. The number of pyridine rings is 3. The molecule has 0 saturated carbocycles. The van der Waals surface area contributed by atoms with Gasteiger partial charge in [0.15, 0.2) is 56.8 Å². The molecule has 0 aliphatic carbocycles. The van der Waals surface area contributed by atoms with E-state index in [1.807, 2.05) is 7.05 Å². The van der Waals surface area contributed by atoms with Crippen molar-refractivity contribution in [2.75, 3.05) is 420 Å². The van der Waals surface area contributed by atoms with Gasteiger partial charge in [-0.25, -0.2) is 9.13 Å². The van der Waals surface area contributed by atoms with Gasteiger partial charge in [-0.2, -0.15) is 13.7 Å². The fourth-order valence-corrected chi connectivity index (χ4v) is 24.8. The van der Waals surface area contributed by atoms with Crippen LogP contribution in [0.15, 0.2) is 92.3 Å². The number of likely N-dealkylation sites (N-methyl/N-ethyl adjacent to an activating group) is 10. The number of imidazole rings is 1. The van der Waals surface area contributed by atoms with Gasteiger partial charge in [0.25, 0.3) is 0 Å². The molecule has 0 radical (unpaired) electrons. The number of hydrogen-bond donors (Lipinski definition) is 0. The molecule has 4 aromatic rings. The zero-order chi connectivity index (χ0) is 105. The number of piperazine rings is 11.